The zero-order chi connectivity index (χ0) is 19.9. The van der Waals surface area contributed by atoms with E-state index in [-0.39, 0.29) is 12.0 Å². The fraction of sp³-hybridized carbons (Fsp3) is 0.409. The van der Waals surface area contributed by atoms with E-state index in [2.05, 4.69) is 6.58 Å². The van der Waals surface area contributed by atoms with Gasteiger partial charge in [-0.2, -0.15) is 0 Å². The highest BCUT2D eigenvalue weighted by Crippen LogP contribution is 2.29. The fourth-order valence-electron chi connectivity index (χ4n) is 3.26. The van der Waals surface area contributed by atoms with E-state index in [1.165, 1.54) is 0 Å². The molecule has 150 valence electrons. The van der Waals surface area contributed by atoms with Gasteiger partial charge in [0.25, 0.3) is 5.91 Å². The van der Waals surface area contributed by atoms with Crippen molar-refractivity contribution in [2.45, 2.75) is 32.4 Å². The van der Waals surface area contributed by atoms with Crippen molar-refractivity contribution in [1.29, 1.82) is 0 Å². The average Bonchev–Trinajstić information content (AvgIpc) is 3.37. The summed E-state index contributed by atoms with van der Waals surface area (Å²) in [6.07, 6.45) is 3.71. The summed E-state index contributed by atoms with van der Waals surface area (Å²) in [5.41, 5.74) is 0.942. The predicted octanol–water partition coefficient (Wildman–Crippen LogP) is 3.98. The predicted molar refractivity (Wildman–Crippen MR) is 106 cm³/mol. The van der Waals surface area contributed by atoms with Crippen LogP contribution in [-0.2, 0) is 11.3 Å². The summed E-state index contributed by atoms with van der Waals surface area (Å²) in [5, 5.41) is 0. The molecule has 6 nitrogen and oxygen atoms in total. The molecular formula is C22H27NO5. The zero-order valence-electron chi connectivity index (χ0n) is 16.5. The molecule has 6 heteroatoms. The van der Waals surface area contributed by atoms with Crippen LogP contribution in [0.15, 0.2) is 47.4 Å². The number of aryl methyl sites for hydroxylation is 1. The maximum atomic E-state index is 13.0. The Bertz CT molecular complexity index is 807. The molecule has 1 aromatic carbocycles. The Hall–Kier alpha value is -2.73. The van der Waals surface area contributed by atoms with Crippen LogP contribution in [0.3, 0.4) is 0 Å². The molecule has 0 unspecified atom stereocenters. The maximum absolute atomic E-state index is 13.0. The van der Waals surface area contributed by atoms with Crippen molar-refractivity contribution in [3.63, 3.8) is 0 Å². The number of amides is 1. The fourth-order valence-corrected chi connectivity index (χ4v) is 3.26. The lowest BCUT2D eigenvalue weighted by Crippen LogP contribution is -2.36. The lowest BCUT2D eigenvalue weighted by Gasteiger charge is -2.25. The van der Waals surface area contributed by atoms with Crippen LogP contribution in [-0.4, -0.2) is 43.8 Å². The number of ether oxygens (including phenoxy) is 3. The number of carbonyl (C=O) groups excluding carboxylic acids is 1. The largest absolute Gasteiger partial charge is 0.493 e. The second-order valence-electron chi connectivity index (χ2n) is 6.82. The van der Waals surface area contributed by atoms with Gasteiger partial charge in [0, 0.05) is 19.7 Å². The van der Waals surface area contributed by atoms with Gasteiger partial charge < -0.3 is 23.5 Å². The SMILES string of the molecule is C=CCOc1ccc(CN(C[C@@H]2CCCO2)C(=O)c2ccc(C)o2)cc1OC. The number of nitrogens with zero attached hydrogens (tertiary/aromatic N) is 1. The molecule has 1 aliphatic rings. The summed E-state index contributed by atoms with van der Waals surface area (Å²) in [6, 6.07) is 9.19. The molecule has 1 aliphatic heterocycles. The lowest BCUT2D eigenvalue weighted by atomic mass is 10.1. The zero-order valence-corrected chi connectivity index (χ0v) is 16.5. The van der Waals surface area contributed by atoms with Gasteiger partial charge in [-0.25, -0.2) is 0 Å². The molecule has 2 aromatic rings. The third-order valence-electron chi connectivity index (χ3n) is 4.64. The second kappa shape index (κ2) is 9.46. The number of rotatable bonds is 9. The first-order valence-corrected chi connectivity index (χ1v) is 9.48. The highest BCUT2D eigenvalue weighted by Gasteiger charge is 2.25. The molecule has 1 fully saturated rings. The molecule has 1 saturated heterocycles. The molecule has 3 rings (SSSR count). The number of carbonyl (C=O) groups is 1. The van der Waals surface area contributed by atoms with E-state index in [9.17, 15) is 4.79 Å². The van der Waals surface area contributed by atoms with Crippen LogP contribution in [0.5, 0.6) is 11.5 Å². The van der Waals surface area contributed by atoms with Crippen molar-refractivity contribution in [2.24, 2.45) is 0 Å². The summed E-state index contributed by atoms with van der Waals surface area (Å²) in [6.45, 7) is 7.58. The molecule has 0 aliphatic carbocycles. The summed E-state index contributed by atoms with van der Waals surface area (Å²) >= 11 is 0. The van der Waals surface area contributed by atoms with Crippen molar-refractivity contribution >= 4 is 5.91 Å². The van der Waals surface area contributed by atoms with Gasteiger partial charge in [-0.15, -0.1) is 0 Å². The molecule has 28 heavy (non-hydrogen) atoms. The monoisotopic (exact) mass is 385 g/mol. The van der Waals surface area contributed by atoms with Crippen LogP contribution in [0, 0.1) is 6.92 Å². The Morgan fingerprint density at radius 3 is 2.82 bits per heavy atom. The van der Waals surface area contributed by atoms with Crippen LogP contribution in [0.2, 0.25) is 0 Å². The maximum Gasteiger partial charge on any atom is 0.289 e. The standard InChI is InChI=1S/C22H27NO5/c1-4-11-27-19-10-8-17(13-21(19)25-3)14-23(15-18-6-5-12-26-18)22(24)20-9-7-16(2)28-20/h4,7-10,13,18H,1,5-6,11-12,14-15H2,2-3H3/t18-/m0/s1. The summed E-state index contributed by atoms with van der Waals surface area (Å²) in [7, 11) is 1.60. The van der Waals surface area contributed by atoms with Gasteiger partial charge in [0.2, 0.25) is 0 Å². The lowest BCUT2D eigenvalue weighted by molar-refractivity contribution is 0.0483. The molecule has 0 N–H and O–H groups in total. The van der Waals surface area contributed by atoms with Crippen molar-refractivity contribution in [3.8, 4) is 11.5 Å². The normalized spacial score (nSPS) is 16.0. The number of furan rings is 1. The van der Waals surface area contributed by atoms with Gasteiger partial charge in [0.1, 0.15) is 12.4 Å². The van der Waals surface area contributed by atoms with Gasteiger partial charge in [0.15, 0.2) is 17.3 Å². The Balaban J connectivity index is 1.79. The minimum absolute atomic E-state index is 0.0529. The van der Waals surface area contributed by atoms with E-state index < -0.39 is 0 Å². The third-order valence-corrected chi connectivity index (χ3v) is 4.64. The van der Waals surface area contributed by atoms with Gasteiger partial charge >= 0.3 is 0 Å². The number of benzene rings is 1. The Morgan fingerprint density at radius 1 is 1.32 bits per heavy atom. The van der Waals surface area contributed by atoms with E-state index in [0.29, 0.717) is 42.7 Å². The van der Waals surface area contributed by atoms with Crippen LogP contribution < -0.4 is 9.47 Å². The molecule has 0 radical (unpaired) electrons. The van der Waals surface area contributed by atoms with E-state index in [1.54, 1.807) is 30.2 Å². The van der Waals surface area contributed by atoms with Gasteiger partial charge in [-0.05, 0) is 49.6 Å². The molecular weight excluding hydrogens is 358 g/mol. The summed E-state index contributed by atoms with van der Waals surface area (Å²) in [5.74, 6) is 2.18. The molecule has 1 aromatic heterocycles. The molecule has 0 spiro atoms. The van der Waals surface area contributed by atoms with E-state index in [0.717, 1.165) is 25.0 Å². The summed E-state index contributed by atoms with van der Waals surface area (Å²) in [4.78, 5) is 14.8. The first kappa shape index (κ1) is 20.0. The van der Waals surface area contributed by atoms with Crippen molar-refractivity contribution in [2.75, 3.05) is 26.9 Å². The van der Waals surface area contributed by atoms with E-state index in [4.69, 9.17) is 18.6 Å². The first-order chi connectivity index (χ1) is 13.6. The average molecular weight is 385 g/mol. The van der Waals surface area contributed by atoms with Gasteiger partial charge in [-0.3, -0.25) is 4.79 Å². The smallest absolute Gasteiger partial charge is 0.289 e. The molecule has 0 saturated carbocycles. The second-order valence-corrected chi connectivity index (χ2v) is 6.82. The highest BCUT2D eigenvalue weighted by molar-refractivity contribution is 5.91. The quantitative estimate of drug-likeness (QED) is 0.611. The minimum Gasteiger partial charge on any atom is -0.493 e. The van der Waals surface area contributed by atoms with Crippen LogP contribution in [0.4, 0.5) is 0 Å². The first-order valence-electron chi connectivity index (χ1n) is 9.48. The highest BCUT2D eigenvalue weighted by atomic mass is 16.5. The summed E-state index contributed by atoms with van der Waals surface area (Å²) < 4.78 is 22.3. The van der Waals surface area contributed by atoms with Crippen LogP contribution in [0.25, 0.3) is 0 Å². The molecule has 1 atom stereocenters. The minimum atomic E-state index is -0.144. The molecule has 1 amide bonds. The Labute approximate surface area is 165 Å². The van der Waals surface area contributed by atoms with E-state index >= 15 is 0 Å². The van der Waals surface area contributed by atoms with Crippen molar-refractivity contribution in [3.05, 3.63) is 60.1 Å². The van der Waals surface area contributed by atoms with Crippen molar-refractivity contribution in [1.82, 2.24) is 4.90 Å². The molecule has 2 heterocycles. The molecule has 0 bridgehead atoms. The third kappa shape index (κ3) is 4.95. The number of methoxy groups -OCH3 is 1. The number of hydrogen-bond donors (Lipinski definition) is 0. The van der Waals surface area contributed by atoms with Gasteiger partial charge in [-0.1, -0.05) is 18.7 Å². The number of hydrogen-bond acceptors (Lipinski definition) is 5. The Kier molecular flexibility index (Phi) is 6.76. The Morgan fingerprint density at radius 2 is 2.18 bits per heavy atom. The van der Waals surface area contributed by atoms with Crippen molar-refractivity contribution < 1.29 is 23.4 Å². The van der Waals surface area contributed by atoms with Gasteiger partial charge in [0.05, 0.1) is 13.2 Å². The topological polar surface area (TPSA) is 61.1 Å². The van der Waals surface area contributed by atoms with E-state index in [1.807, 2.05) is 25.1 Å². The van der Waals surface area contributed by atoms with Crippen LogP contribution in [0.1, 0.15) is 34.7 Å². The van der Waals surface area contributed by atoms with Crippen LogP contribution >= 0.6 is 0 Å².